The lowest BCUT2D eigenvalue weighted by molar-refractivity contribution is -0.385. The van der Waals surface area contributed by atoms with Gasteiger partial charge >= 0.3 is 0 Å². The number of nitrogens with zero attached hydrogens (tertiary/aromatic N) is 2. The molecule has 0 aromatic heterocycles. The first-order chi connectivity index (χ1) is 21.5. The summed E-state index contributed by atoms with van der Waals surface area (Å²) in [4.78, 5) is 60.7. The second-order valence-corrected chi connectivity index (χ2v) is 11.1. The van der Waals surface area contributed by atoms with E-state index in [0.29, 0.717) is 28.1 Å². The summed E-state index contributed by atoms with van der Waals surface area (Å²) in [7, 11) is 0. The average Bonchev–Trinajstić information content (AvgIpc) is 3.03. The van der Waals surface area contributed by atoms with Gasteiger partial charge in [0, 0.05) is 40.4 Å². The van der Waals surface area contributed by atoms with Gasteiger partial charge in [-0.2, -0.15) is 0 Å². The van der Waals surface area contributed by atoms with Crippen LogP contribution in [0, 0.1) is 27.2 Å². The lowest BCUT2D eigenvalue weighted by atomic mass is 10.1. The van der Waals surface area contributed by atoms with Crippen LogP contribution in [0.25, 0.3) is 6.08 Å². The summed E-state index contributed by atoms with van der Waals surface area (Å²) in [6, 6.07) is 24.8. The molecule has 0 aliphatic carbocycles. The minimum Gasteiger partial charge on any atom is -0.325 e. The summed E-state index contributed by atoms with van der Waals surface area (Å²) >= 11 is 1.26. The zero-order valence-corrected chi connectivity index (χ0v) is 24.9. The molecule has 0 saturated heterocycles. The Morgan fingerprint density at radius 3 is 2.04 bits per heavy atom. The van der Waals surface area contributed by atoms with Gasteiger partial charge in [0.2, 0.25) is 5.91 Å². The Morgan fingerprint density at radius 1 is 0.800 bits per heavy atom. The predicted molar refractivity (Wildman–Crippen MR) is 172 cm³/mol. The van der Waals surface area contributed by atoms with E-state index in [-0.39, 0.29) is 23.0 Å². The van der Waals surface area contributed by atoms with Crippen molar-refractivity contribution in [3.63, 3.8) is 0 Å². The quantitative estimate of drug-likeness (QED) is 0.0749. The van der Waals surface area contributed by atoms with Crippen molar-refractivity contribution in [3.8, 4) is 0 Å². The Morgan fingerprint density at radius 2 is 1.42 bits per heavy atom. The summed E-state index contributed by atoms with van der Waals surface area (Å²) in [6.07, 6.45) is 1.41. The van der Waals surface area contributed by atoms with Crippen LogP contribution < -0.4 is 16.0 Å². The molecule has 4 aromatic carbocycles. The van der Waals surface area contributed by atoms with E-state index in [0.717, 1.165) is 4.90 Å². The van der Waals surface area contributed by atoms with Crippen LogP contribution in [0.4, 0.5) is 22.7 Å². The van der Waals surface area contributed by atoms with Crippen molar-refractivity contribution >= 4 is 58.3 Å². The minimum absolute atomic E-state index is 0.0853. The average molecular weight is 626 g/mol. The number of hydrogen-bond donors (Lipinski definition) is 3. The number of thioether (sulfide) groups is 1. The Bertz CT molecular complexity index is 1780. The van der Waals surface area contributed by atoms with E-state index in [2.05, 4.69) is 16.0 Å². The van der Waals surface area contributed by atoms with E-state index < -0.39 is 26.9 Å². The highest BCUT2D eigenvalue weighted by molar-refractivity contribution is 8.00. The van der Waals surface area contributed by atoms with Gasteiger partial charge in [-0.1, -0.05) is 24.3 Å². The predicted octanol–water partition coefficient (Wildman–Crippen LogP) is 6.34. The highest BCUT2D eigenvalue weighted by atomic mass is 32.2. The molecule has 228 valence electrons. The molecular weight excluding hydrogens is 598 g/mol. The van der Waals surface area contributed by atoms with Gasteiger partial charge in [-0.05, 0) is 79.6 Å². The summed E-state index contributed by atoms with van der Waals surface area (Å²) < 4.78 is 0. The fraction of sp³-hybridized carbons (Fsp3) is 0.0938. The smallest absolute Gasteiger partial charge is 0.272 e. The number of nitrogens with one attached hydrogen (secondary N) is 3. The number of benzene rings is 4. The molecule has 0 spiro atoms. The molecule has 45 heavy (non-hydrogen) atoms. The van der Waals surface area contributed by atoms with Crippen LogP contribution in [0.15, 0.2) is 108 Å². The van der Waals surface area contributed by atoms with Crippen LogP contribution in [0.2, 0.25) is 0 Å². The third kappa shape index (κ3) is 8.84. The molecule has 0 aliphatic heterocycles. The molecule has 0 fully saturated rings. The van der Waals surface area contributed by atoms with Crippen molar-refractivity contribution < 1.29 is 24.2 Å². The zero-order valence-electron chi connectivity index (χ0n) is 24.1. The first-order valence-electron chi connectivity index (χ1n) is 13.5. The van der Waals surface area contributed by atoms with Gasteiger partial charge in [0.25, 0.3) is 23.2 Å². The van der Waals surface area contributed by atoms with Crippen molar-refractivity contribution in [2.75, 3.05) is 10.6 Å². The fourth-order valence-corrected chi connectivity index (χ4v) is 4.83. The number of carbonyl (C=O) groups excluding carboxylic acids is 3. The maximum Gasteiger partial charge on any atom is 0.272 e. The van der Waals surface area contributed by atoms with E-state index in [1.165, 1.54) is 54.2 Å². The van der Waals surface area contributed by atoms with E-state index in [9.17, 15) is 34.6 Å². The third-order valence-electron chi connectivity index (χ3n) is 6.43. The molecule has 1 unspecified atom stereocenters. The number of amides is 3. The molecular formula is C32H27N5O7S. The number of rotatable bonds is 11. The lowest BCUT2D eigenvalue weighted by Gasteiger charge is -2.14. The van der Waals surface area contributed by atoms with Gasteiger partial charge in [-0.3, -0.25) is 34.6 Å². The maximum absolute atomic E-state index is 13.3. The van der Waals surface area contributed by atoms with Crippen LogP contribution in [-0.2, 0) is 9.59 Å². The molecule has 12 nitrogen and oxygen atoms in total. The number of non-ortho nitro benzene ring substituents is 2. The Labute approximate surface area is 261 Å². The van der Waals surface area contributed by atoms with Crippen LogP contribution in [0.3, 0.4) is 0 Å². The molecule has 0 bridgehead atoms. The summed E-state index contributed by atoms with van der Waals surface area (Å²) in [5, 5.41) is 29.6. The summed E-state index contributed by atoms with van der Waals surface area (Å²) in [5.74, 6) is -1.48. The van der Waals surface area contributed by atoms with Gasteiger partial charge in [0.15, 0.2) is 0 Å². The van der Waals surface area contributed by atoms with Crippen molar-refractivity contribution in [2.45, 2.75) is 24.0 Å². The molecule has 0 saturated carbocycles. The van der Waals surface area contributed by atoms with Crippen molar-refractivity contribution in [1.82, 2.24) is 5.32 Å². The van der Waals surface area contributed by atoms with Gasteiger partial charge in [-0.25, -0.2) is 0 Å². The zero-order chi connectivity index (χ0) is 32.5. The minimum atomic E-state index is -0.627. The van der Waals surface area contributed by atoms with Crippen molar-refractivity contribution in [1.29, 1.82) is 0 Å². The third-order valence-corrected chi connectivity index (χ3v) is 7.54. The summed E-state index contributed by atoms with van der Waals surface area (Å²) in [6.45, 7) is 3.44. The van der Waals surface area contributed by atoms with E-state index in [4.69, 9.17) is 0 Å². The number of anilines is 2. The van der Waals surface area contributed by atoms with Gasteiger partial charge in [0.05, 0.1) is 20.8 Å². The number of nitro benzene ring substituents is 2. The molecule has 1 atom stereocenters. The van der Waals surface area contributed by atoms with Gasteiger partial charge in [-0.15, -0.1) is 11.8 Å². The van der Waals surface area contributed by atoms with Crippen molar-refractivity contribution in [3.05, 3.63) is 140 Å². The van der Waals surface area contributed by atoms with Crippen LogP contribution >= 0.6 is 11.8 Å². The normalized spacial score (nSPS) is 11.6. The Balaban J connectivity index is 1.45. The largest absolute Gasteiger partial charge is 0.325 e. The number of carbonyl (C=O) groups is 3. The molecule has 4 rings (SSSR count). The number of aryl methyl sites for hydroxylation is 1. The monoisotopic (exact) mass is 625 g/mol. The van der Waals surface area contributed by atoms with Crippen LogP contribution in [0.5, 0.6) is 0 Å². The molecule has 3 N–H and O–H groups in total. The molecule has 13 heteroatoms. The fourth-order valence-electron chi connectivity index (χ4n) is 3.97. The molecule has 0 aliphatic rings. The Kier molecular flexibility index (Phi) is 10.4. The standard InChI is InChI=1S/C32H27N5O7S/c1-20-8-13-26(37(43)44)19-28(20)34-30(38)21(2)45-27-16-11-24(12-17-27)33-32(40)29(35-31(39)23-6-4-3-5-7-23)18-22-9-14-25(15-10-22)36(41)42/h3-19,21H,1-2H3,(H,33,40)(H,34,38)(H,35,39)/b29-18-. The maximum atomic E-state index is 13.3. The lowest BCUT2D eigenvalue weighted by Crippen LogP contribution is -2.30. The van der Waals surface area contributed by atoms with Crippen LogP contribution in [0.1, 0.15) is 28.4 Å². The molecule has 3 amide bonds. The second-order valence-electron chi connectivity index (χ2n) is 9.71. The van der Waals surface area contributed by atoms with Gasteiger partial charge in [0.1, 0.15) is 5.70 Å². The first-order valence-corrected chi connectivity index (χ1v) is 14.3. The van der Waals surface area contributed by atoms with E-state index in [1.807, 2.05) is 0 Å². The SMILES string of the molecule is Cc1ccc([N+](=O)[O-])cc1NC(=O)C(C)Sc1ccc(NC(=O)/C(=C/c2ccc([N+](=O)[O-])cc2)NC(=O)c2ccccc2)cc1. The Hall–Kier alpha value is -5.82. The highest BCUT2D eigenvalue weighted by Gasteiger charge is 2.19. The summed E-state index contributed by atoms with van der Waals surface area (Å²) in [5.41, 5.74) is 1.92. The van der Waals surface area contributed by atoms with Crippen LogP contribution in [-0.4, -0.2) is 32.8 Å². The number of nitro groups is 2. The topological polar surface area (TPSA) is 174 Å². The van der Waals surface area contributed by atoms with E-state index in [1.54, 1.807) is 74.5 Å². The molecule has 4 aromatic rings. The number of hydrogen-bond acceptors (Lipinski definition) is 8. The first kappa shape index (κ1) is 32.1. The highest BCUT2D eigenvalue weighted by Crippen LogP contribution is 2.27. The van der Waals surface area contributed by atoms with Gasteiger partial charge < -0.3 is 16.0 Å². The van der Waals surface area contributed by atoms with Crippen molar-refractivity contribution in [2.24, 2.45) is 0 Å². The molecule has 0 radical (unpaired) electrons. The molecule has 0 heterocycles. The van der Waals surface area contributed by atoms with E-state index >= 15 is 0 Å². The second kappa shape index (κ2) is 14.6.